The van der Waals surface area contributed by atoms with Crippen molar-refractivity contribution in [3.05, 3.63) is 29.7 Å². The molecule has 25 heavy (non-hydrogen) atoms. The van der Waals surface area contributed by atoms with E-state index in [0.717, 1.165) is 12.8 Å². The van der Waals surface area contributed by atoms with Gasteiger partial charge >= 0.3 is 0 Å². The Balaban J connectivity index is 1.67. The van der Waals surface area contributed by atoms with Crippen LogP contribution in [-0.4, -0.2) is 46.0 Å². The summed E-state index contributed by atoms with van der Waals surface area (Å²) < 4.78 is 25.5. The Kier molecular flexibility index (Phi) is 3.90. The van der Waals surface area contributed by atoms with Crippen LogP contribution in [0.3, 0.4) is 0 Å². The molecule has 1 aliphatic carbocycles. The largest absolute Gasteiger partial charge is 0.481 e. The van der Waals surface area contributed by atoms with E-state index in [1.165, 1.54) is 13.3 Å². The van der Waals surface area contributed by atoms with Gasteiger partial charge in [-0.15, -0.1) is 0 Å². The zero-order valence-corrected chi connectivity index (χ0v) is 14.2. The molecule has 0 radical (unpaired) electrons. The fraction of sp³-hybridized carbons (Fsp3) is 0.556. The minimum absolute atomic E-state index is 0.114. The maximum atomic E-state index is 14.5. The number of halogens is 1. The quantitative estimate of drug-likeness (QED) is 0.875. The van der Waals surface area contributed by atoms with Crippen molar-refractivity contribution in [3.8, 4) is 5.88 Å². The highest BCUT2D eigenvalue weighted by atomic mass is 19.1. The van der Waals surface area contributed by atoms with Crippen molar-refractivity contribution in [1.29, 1.82) is 0 Å². The summed E-state index contributed by atoms with van der Waals surface area (Å²) in [6, 6.07) is 3.41. The molecule has 6 nitrogen and oxygen atoms in total. The molecule has 5 rings (SSSR count). The van der Waals surface area contributed by atoms with Crippen LogP contribution < -0.4 is 10.5 Å². The van der Waals surface area contributed by atoms with Crippen LogP contribution in [0.5, 0.6) is 5.88 Å². The van der Waals surface area contributed by atoms with E-state index >= 15 is 0 Å². The zero-order valence-electron chi connectivity index (χ0n) is 14.2. The number of hydrogen-bond donors (Lipinski definition) is 2. The topological polar surface area (TPSA) is 90.5 Å². The lowest BCUT2D eigenvalue weighted by molar-refractivity contribution is -0.201. The number of rotatable bonds is 4. The van der Waals surface area contributed by atoms with Gasteiger partial charge < -0.3 is 20.3 Å². The third kappa shape index (κ3) is 2.76. The summed E-state index contributed by atoms with van der Waals surface area (Å²) in [6.07, 6.45) is 3.46. The molecular weight excluding hydrogens is 325 g/mol. The van der Waals surface area contributed by atoms with Gasteiger partial charge in [-0.05, 0) is 31.7 Å². The first-order valence-corrected chi connectivity index (χ1v) is 8.54. The molecule has 1 saturated carbocycles. The number of hydrogen-bond acceptors (Lipinski definition) is 6. The number of pyridine rings is 2. The van der Waals surface area contributed by atoms with Crippen LogP contribution in [0.15, 0.2) is 18.3 Å². The van der Waals surface area contributed by atoms with E-state index in [0.29, 0.717) is 41.9 Å². The molecule has 2 saturated heterocycles. The van der Waals surface area contributed by atoms with Gasteiger partial charge in [0.15, 0.2) is 0 Å². The number of ether oxygens (including phenoxy) is 2. The van der Waals surface area contributed by atoms with Gasteiger partial charge in [0, 0.05) is 23.6 Å². The van der Waals surface area contributed by atoms with Crippen molar-refractivity contribution in [1.82, 2.24) is 9.97 Å². The number of nitrogens with zero attached hydrogens (tertiary/aromatic N) is 2. The average Bonchev–Trinajstić information content (AvgIpc) is 2.64. The van der Waals surface area contributed by atoms with Gasteiger partial charge in [0.1, 0.15) is 5.82 Å². The SMILES string of the molecule is COc1ccc2ncc(F)c(C[C@@H](O)C34CCC(N)(CC3)CO4)c2n1. The molecule has 3 aliphatic rings. The molecule has 2 bridgehead atoms. The molecule has 3 N–H and O–H groups in total. The lowest BCUT2D eigenvalue weighted by Crippen LogP contribution is -2.63. The summed E-state index contributed by atoms with van der Waals surface area (Å²) in [4.78, 5) is 8.39. The number of aliphatic hydroxyl groups is 1. The lowest BCUT2D eigenvalue weighted by atomic mass is 9.68. The van der Waals surface area contributed by atoms with Crippen molar-refractivity contribution < 1.29 is 19.0 Å². The molecule has 0 amide bonds. The van der Waals surface area contributed by atoms with Crippen molar-refractivity contribution in [2.45, 2.75) is 49.3 Å². The smallest absolute Gasteiger partial charge is 0.213 e. The van der Waals surface area contributed by atoms with Crippen molar-refractivity contribution in [2.24, 2.45) is 5.73 Å². The third-order valence-electron chi connectivity index (χ3n) is 5.69. The molecule has 134 valence electrons. The second-order valence-electron chi connectivity index (χ2n) is 7.24. The highest BCUT2D eigenvalue weighted by Gasteiger charge is 2.51. The van der Waals surface area contributed by atoms with Gasteiger partial charge in [-0.3, -0.25) is 4.98 Å². The molecule has 2 aliphatic heterocycles. The van der Waals surface area contributed by atoms with Gasteiger partial charge in [-0.1, -0.05) is 0 Å². The number of nitrogens with two attached hydrogens (primary N) is 1. The Morgan fingerprint density at radius 1 is 1.36 bits per heavy atom. The van der Waals surface area contributed by atoms with E-state index in [2.05, 4.69) is 9.97 Å². The third-order valence-corrected chi connectivity index (χ3v) is 5.69. The second kappa shape index (κ2) is 5.86. The van der Waals surface area contributed by atoms with Crippen LogP contribution in [0.4, 0.5) is 4.39 Å². The summed E-state index contributed by atoms with van der Waals surface area (Å²) in [5.41, 5.74) is 6.63. The minimum Gasteiger partial charge on any atom is -0.481 e. The first-order chi connectivity index (χ1) is 11.9. The van der Waals surface area contributed by atoms with E-state index in [1.54, 1.807) is 12.1 Å². The fourth-order valence-corrected chi connectivity index (χ4v) is 3.94. The maximum Gasteiger partial charge on any atom is 0.213 e. The molecular formula is C18H22FN3O3. The van der Waals surface area contributed by atoms with Gasteiger partial charge in [-0.2, -0.15) is 0 Å². The Hall–Kier alpha value is -1.83. The Labute approximate surface area is 145 Å². The molecule has 1 atom stereocenters. The summed E-state index contributed by atoms with van der Waals surface area (Å²) in [7, 11) is 1.51. The standard InChI is InChI=1S/C18H22FN3O3/c1-24-15-3-2-13-16(22-15)11(12(19)9-21-13)8-14(23)18-6-4-17(20,5-7-18)10-25-18/h2-3,9,14,23H,4-8,10,20H2,1H3/t14-,17?,18?/m1/s1. The zero-order chi connectivity index (χ0) is 17.7. The Morgan fingerprint density at radius 3 is 2.76 bits per heavy atom. The van der Waals surface area contributed by atoms with Crippen LogP contribution in [0.25, 0.3) is 11.0 Å². The van der Waals surface area contributed by atoms with Crippen molar-refractivity contribution >= 4 is 11.0 Å². The molecule has 2 aromatic heterocycles. The van der Waals surface area contributed by atoms with Crippen LogP contribution >= 0.6 is 0 Å². The first kappa shape index (κ1) is 16.6. The minimum atomic E-state index is -0.828. The molecule has 3 fully saturated rings. The van der Waals surface area contributed by atoms with E-state index < -0.39 is 17.5 Å². The van der Waals surface area contributed by atoms with E-state index in [9.17, 15) is 9.50 Å². The summed E-state index contributed by atoms with van der Waals surface area (Å²) in [5.74, 6) is -0.100. The van der Waals surface area contributed by atoms with E-state index in [4.69, 9.17) is 15.2 Å². The van der Waals surface area contributed by atoms with Crippen LogP contribution in [0, 0.1) is 5.82 Å². The molecule has 2 aromatic rings. The number of fused-ring (bicyclic) bond motifs is 4. The lowest BCUT2D eigenvalue weighted by Gasteiger charge is -2.53. The second-order valence-corrected chi connectivity index (χ2v) is 7.24. The van der Waals surface area contributed by atoms with Crippen LogP contribution in [0.1, 0.15) is 31.2 Å². The summed E-state index contributed by atoms with van der Waals surface area (Å²) >= 11 is 0. The number of aliphatic hydroxyl groups excluding tert-OH is 1. The molecule has 0 aromatic carbocycles. The number of methoxy groups -OCH3 is 1. The maximum absolute atomic E-state index is 14.5. The van der Waals surface area contributed by atoms with Crippen molar-refractivity contribution in [2.75, 3.05) is 13.7 Å². The summed E-state index contributed by atoms with van der Waals surface area (Å²) in [6.45, 7) is 0.440. The molecule has 0 unspecified atom stereocenters. The van der Waals surface area contributed by atoms with Crippen LogP contribution in [-0.2, 0) is 11.2 Å². The van der Waals surface area contributed by atoms with Crippen LogP contribution in [0.2, 0.25) is 0 Å². The van der Waals surface area contributed by atoms with E-state index in [1.807, 2.05) is 0 Å². The predicted octanol–water partition coefficient (Wildman–Crippen LogP) is 1.72. The molecule has 0 spiro atoms. The fourth-order valence-electron chi connectivity index (χ4n) is 3.94. The molecule has 4 heterocycles. The van der Waals surface area contributed by atoms with Gasteiger partial charge in [0.25, 0.3) is 0 Å². The van der Waals surface area contributed by atoms with Gasteiger partial charge in [0.05, 0.1) is 42.7 Å². The molecule has 7 heteroatoms. The summed E-state index contributed by atoms with van der Waals surface area (Å²) in [5, 5.41) is 10.9. The van der Waals surface area contributed by atoms with E-state index in [-0.39, 0.29) is 12.0 Å². The van der Waals surface area contributed by atoms with Crippen molar-refractivity contribution in [3.63, 3.8) is 0 Å². The Morgan fingerprint density at radius 2 is 2.12 bits per heavy atom. The Bertz CT molecular complexity index is 789. The predicted molar refractivity (Wildman–Crippen MR) is 89.8 cm³/mol. The highest BCUT2D eigenvalue weighted by molar-refractivity contribution is 5.78. The average molecular weight is 347 g/mol. The normalized spacial score (nSPS) is 29.8. The number of aromatic nitrogens is 2. The monoisotopic (exact) mass is 347 g/mol. The highest BCUT2D eigenvalue weighted by Crippen LogP contribution is 2.45. The van der Waals surface area contributed by atoms with Gasteiger partial charge in [-0.25, -0.2) is 9.37 Å². The van der Waals surface area contributed by atoms with Gasteiger partial charge in [0.2, 0.25) is 5.88 Å². The first-order valence-electron chi connectivity index (χ1n) is 8.54.